The minimum absolute atomic E-state index is 0.128. The first-order valence-electron chi connectivity index (χ1n) is 8.74. The van der Waals surface area contributed by atoms with E-state index in [1.165, 1.54) is 19.4 Å². The number of carbonyl (C=O) groups excluding carboxylic acids is 3. The fraction of sp³-hybridized carbons (Fsp3) is 0.200. The van der Waals surface area contributed by atoms with Crippen molar-refractivity contribution in [1.82, 2.24) is 10.2 Å². The second-order valence-corrected chi connectivity index (χ2v) is 6.97. The highest BCUT2D eigenvalue weighted by molar-refractivity contribution is 8.18. The lowest BCUT2D eigenvalue weighted by Gasteiger charge is -2.12. The molecule has 2 heterocycles. The number of nitriles is 1. The molecule has 1 saturated heterocycles. The number of methoxy groups -OCH3 is 1. The summed E-state index contributed by atoms with van der Waals surface area (Å²) < 4.78 is 15.6. The van der Waals surface area contributed by atoms with Crippen LogP contribution in [0, 0.1) is 11.3 Å². The van der Waals surface area contributed by atoms with E-state index in [9.17, 15) is 14.4 Å². The minimum atomic E-state index is -0.554. The normalized spacial score (nSPS) is 14.7. The second kappa shape index (κ2) is 9.67. The van der Waals surface area contributed by atoms with Gasteiger partial charge in [0.2, 0.25) is 5.91 Å². The van der Waals surface area contributed by atoms with E-state index in [1.807, 2.05) is 6.07 Å². The number of nitrogens with zero attached hydrogens (tertiary/aromatic N) is 2. The lowest BCUT2D eigenvalue weighted by molar-refractivity contribution is -0.129. The Kier molecular flexibility index (Phi) is 6.77. The molecule has 154 valence electrons. The van der Waals surface area contributed by atoms with E-state index in [-0.39, 0.29) is 24.6 Å². The molecule has 1 aromatic carbocycles. The molecule has 2 aromatic rings. The van der Waals surface area contributed by atoms with Crippen LogP contribution in [0.5, 0.6) is 11.5 Å². The topological polar surface area (TPSA) is 122 Å². The average molecular weight is 427 g/mol. The standard InChI is InChI=1S/C20H17N3O6S/c1-27-16-9-13(4-5-15(16)29-8-6-21)10-17-19(25)23(20(26)30-17)12-18(24)22-11-14-3-2-7-28-14/h2-5,7,9-10H,8,11-12H2,1H3,(H,22,24)/b17-10-. The first-order valence-corrected chi connectivity index (χ1v) is 9.55. The number of benzene rings is 1. The zero-order valence-corrected chi connectivity index (χ0v) is 16.7. The molecule has 9 nitrogen and oxygen atoms in total. The third kappa shape index (κ3) is 5.01. The van der Waals surface area contributed by atoms with E-state index in [4.69, 9.17) is 19.2 Å². The number of nitrogens with one attached hydrogen (secondary N) is 1. The smallest absolute Gasteiger partial charge is 0.294 e. The van der Waals surface area contributed by atoms with Crippen LogP contribution in [0.25, 0.3) is 6.08 Å². The second-order valence-electron chi connectivity index (χ2n) is 5.98. The van der Waals surface area contributed by atoms with Crippen molar-refractivity contribution in [3.05, 3.63) is 52.8 Å². The Hall–Kier alpha value is -3.71. The Morgan fingerprint density at radius 3 is 2.87 bits per heavy atom. The molecule has 1 aliphatic heterocycles. The summed E-state index contributed by atoms with van der Waals surface area (Å²) >= 11 is 0.751. The van der Waals surface area contributed by atoms with Crippen LogP contribution in [0.1, 0.15) is 11.3 Å². The van der Waals surface area contributed by atoms with Crippen LogP contribution >= 0.6 is 11.8 Å². The summed E-state index contributed by atoms with van der Waals surface area (Å²) in [6, 6.07) is 10.2. The highest BCUT2D eigenvalue weighted by Crippen LogP contribution is 2.34. The molecule has 30 heavy (non-hydrogen) atoms. The number of imide groups is 1. The SMILES string of the molecule is COc1cc(/C=C2\SC(=O)N(CC(=O)NCc3ccco3)C2=O)ccc1OCC#N. The van der Waals surface area contributed by atoms with Gasteiger partial charge in [0, 0.05) is 0 Å². The summed E-state index contributed by atoms with van der Waals surface area (Å²) in [4.78, 5) is 37.9. The van der Waals surface area contributed by atoms with Crippen LogP contribution in [0.15, 0.2) is 45.9 Å². The Bertz CT molecular complexity index is 1030. The number of thioether (sulfide) groups is 1. The number of amides is 3. The molecule has 1 aromatic heterocycles. The van der Waals surface area contributed by atoms with Crippen molar-refractivity contribution in [2.24, 2.45) is 0 Å². The molecular weight excluding hydrogens is 410 g/mol. The molecule has 0 aliphatic carbocycles. The zero-order valence-electron chi connectivity index (χ0n) is 15.9. The molecule has 3 amide bonds. The first kappa shape index (κ1) is 21.0. The molecule has 0 unspecified atom stereocenters. The van der Waals surface area contributed by atoms with Gasteiger partial charge in [0.05, 0.1) is 24.8 Å². The number of furan rings is 1. The van der Waals surface area contributed by atoms with Gasteiger partial charge in [-0.3, -0.25) is 19.3 Å². The van der Waals surface area contributed by atoms with E-state index in [1.54, 1.807) is 30.3 Å². The van der Waals surface area contributed by atoms with Gasteiger partial charge in [-0.15, -0.1) is 0 Å². The zero-order chi connectivity index (χ0) is 21.5. The van der Waals surface area contributed by atoms with Gasteiger partial charge in [-0.05, 0) is 47.7 Å². The number of rotatable bonds is 8. The number of hydrogen-bond acceptors (Lipinski definition) is 8. The summed E-state index contributed by atoms with van der Waals surface area (Å²) in [6.45, 7) is -0.346. The Morgan fingerprint density at radius 1 is 1.33 bits per heavy atom. The van der Waals surface area contributed by atoms with Gasteiger partial charge in [-0.2, -0.15) is 5.26 Å². The van der Waals surface area contributed by atoms with Crippen molar-refractivity contribution in [3.63, 3.8) is 0 Å². The quantitative estimate of drug-likeness (QED) is 0.638. The van der Waals surface area contributed by atoms with Gasteiger partial charge >= 0.3 is 0 Å². The molecule has 1 fully saturated rings. The predicted molar refractivity (Wildman–Crippen MR) is 107 cm³/mol. The van der Waals surface area contributed by atoms with Crippen LogP contribution in [0.3, 0.4) is 0 Å². The summed E-state index contributed by atoms with van der Waals surface area (Å²) in [5.74, 6) is 0.305. The van der Waals surface area contributed by atoms with Crippen molar-refractivity contribution < 1.29 is 28.3 Å². The molecule has 3 rings (SSSR count). The van der Waals surface area contributed by atoms with E-state index >= 15 is 0 Å². The van der Waals surface area contributed by atoms with Gasteiger partial charge in [0.25, 0.3) is 11.1 Å². The maximum Gasteiger partial charge on any atom is 0.294 e. The van der Waals surface area contributed by atoms with Crippen molar-refractivity contribution >= 4 is 34.9 Å². The van der Waals surface area contributed by atoms with Gasteiger partial charge < -0.3 is 19.2 Å². The van der Waals surface area contributed by atoms with Crippen molar-refractivity contribution in [2.45, 2.75) is 6.54 Å². The molecule has 0 atom stereocenters. The Balaban J connectivity index is 1.67. The van der Waals surface area contributed by atoms with E-state index in [0.717, 1.165) is 16.7 Å². The summed E-state index contributed by atoms with van der Waals surface area (Å²) in [6.07, 6.45) is 3.02. The molecule has 1 N–H and O–H groups in total. The fourth-order valence-corrected chi connectivity index (χ4v) is 3.43. The molecular formula is C20H17N3O6S. The highest BCUT2D eigenvalue weighted by atomic mass is 32.2. The maximum absolute atomic E-state index is 12.6. The Morgan fingerprint density at radius 2 is 2.17 bits per heavy atom. The van der Waals surface area contributed by atoms with Crippen LogP contribution < -0.4 is 14.8 Å². The molecule has 0 saturated carbocycles. The molecule has 0 radical (unpaired) electrons. The third-order valence-corrected chi connectivity index (χ3v) is 4.90. The minimum Gasteiger partial charge on any atom is -0.493 e. The lowest BCUT2D eigenvalue weighted by Crippen LogP contribution is -2.39. The van der Waals surface area contributed by atoms with Gasteiger partial charge in [0.1, 0.15) is 18.4 Å². The van der Waals surface area contributed by atoms with Gasteiger partial charge in [-0.1, -0.05) is 6.07 Å². The van der Waals surface area contributed by atoms with Gasteiger partial charge in [-0.25, -0.2) is 0 Å². The first-order chi connectivity index (χ1) is 14.5. The molecule has 1 aliphatic rings. The van der Waals surface area contributed by atoms with Crippen molar-refractivity contribution in [2.75, 3.05) is 20.3 Å². The van der Waals surface area contributed by atoms with E-state index in [2.05, 4.69) is 5.32 Å². The van der Waals surface area contributed by atoms with Gasteiger partial charge in [0.15, 0.2) is 18.1 Å². The van der Waals surface area contributed by atoms with Crippen molar-refractivity contribution in [1.29, 1.82) is 5.26 Å². The summed E-state index contributed by atoms with van der Waals surface area (Å²) in [5.41, 5.74) is 0.601. The monoisotopic (exact) mass is 427 g/mol. The fourth-order valence-electron chi connectivity index (χ4n) is 2.59. The largest absolute Gasteiger partial charge is 0.493 e. The van der Waals surface area contributed by atoms with E-state index in [0.29, 0.717) is 22.8 Å². The highest BCUT2D eigenvalue weighted by Gasteiger charge is 2.36. The van der Waals surface area contributed by atoms with E-state index < -0.39 is 17.1 Å². The maximum atomic E-state index is 12.6. The van der Waals surface area contributed by atoms with Crippen LogP contribution in [0.4, 0.5) is 4.79 Å². The van der Waals surface area contributed by atoms with Crippen LogP contribution in [0.2, 0.25) is 0 Å². The Labute approximate surface area is 176 Å². The summed E-state index contributed by atoms with van der Waals surface area (Å²) in [5, 5.41) is 10.7. The third-order valence-electron chi connectivity index (χ3n) is 3.99. The molecule has 0 bridgehead atoms. The number of hydrogen-bond donors (Lipinski definition) is 1. The number of ether oxygens (including phenoxy) is 2. The molecule has 0 spiro atoms. The van der Waals surface area contributed by atoms with Crippen molar-refractivity contribution in [3.8, 4) is 17.6 Å². The summed E-state index contributed by atoms with van der Waals surface area (Å²) in [7, 11) is 1.45. The molecule has 10 heteroatoms. The lowest BCUT2D eigenvalue weighted by atomic mass is 10.2. The van der Waals surface area contributed by atoms with Crippen LogP contribution in [-0.2, 0) is 16.1 Å². The number of carbonyl (C=O) groups is 3. The average Bonchev–Trinajstić information content (AvgIpc) is 3.35. The van der Waals surface area contributed by atoms with Crippen LogP contribution in [-0.4, -0.2) is 42.2 Å². The predicted octanol–water partition coefficient (Wildman–Crippen LogP) is 2.54.